The lowest BCUT2D eigenvalue weighted by Gasteiger charge is -2.05. The van der Waals surface area contributed by atoms with Gasteiger partial charge in [0.2, 0.25) is 0 Å². The van der Waals surface area contributed by atoms with E-state index in [0.717, 1.165) is 6.07 Å². The molecule has 1 heterocycles. The Balaban J connectivity index is 2.50. The van der Waals surface area contributed by atoms with Crippen molar-refractivity contribution in [1.82, 2.24) is 4.98 Å². The van der Waals surface area contributed by atoms with Crippen LogP contribution < -0.4 is 9.47 Å². The van der Waals surface area contributed by atoms with Gasteiger partial charge < -0.3 is 14.5 Å². The van der Waals surface area contributed by atoms with Crippen LogP contribution in [-0.2, 0) is 0 Å². The van der Waals surface area contributed by atoms with E-state index in [1.165, 1.54) is 20.3 Å². The summed E-state index contributed by atoms with van der Waals surface area (Å²) in [4.78, 5) is 2.97. The number of rotatable bonds is 2. The van der Waals surface area contributed by atoms with E-state index in [-0.39, 0.29) is 0 Å². The predicted molar refractivity (Wildman–Crippen MR) is 68.8 cm³/mol. The maximum absolute atomic E-state index is 13.9. The molecule has 0 saturated carbocycles. The lowest BCUT2D eigenvalue weighted by molar-refractivity contribution is 0.397. The maximum atomic E-state index is 13.9. The molecule has 0 atom stereocenters. The van der Waals surface area contributed by atoms with Crippen LogP contribution in [0.4, 0.5) is 8.78 Å². The smallest absolute Gasteiger partial charge is 0.146 e. The summed E-state index contributed by atoms with van der Waals surface area (Å²) in [6, 6.07) is 5.50. The molecule has 3 nitrogen and oxygen atoms in total. The van der Waals surface area contributed by atoms with Crippen LogP contribution in [0.3, 0.4) is 0 Å². The van der Waals surface area contributed by atoms with E-state index in [2.05, 4.69) is 4.98 Å². The normalized spacial score (nSPS) is 11.2. The Morgan fingerprint density at radius 2 is 1.79 bits per heavy atom. The van der Waals surface area contributed by atoms with Crippen LogP contribution in [0.25, 0.3) is 21.8 Å². The Kier molecular flexibility index (Phi) is 2.55. The van der Waals surface area contributed by atoms with Crippen LogP contribution in [-0.4, -0.2) is 19.2 Å². The molecule has 0 spiro atoms. The second-order valence-corrected chi connectivity index (χ2v) is 4.19. The Morgan fingerprint density at radius 3 is 2.47 bits per heavy atom. The summed E-state index contributed by atoms with van der Waals surface area (Å²) in [5, 5.41) is 0.928. The topological polar surface area (TPSA) is 34.2 Å². The second-order valence-electron chi connectivity index (χ2n) is 4.19. The Bertz CT molecular complexity index is 780. The highest BCUT2D eigenvalue weighted by atomic mass is 19.1. The summed E-state index contributed by atoms with van der Waals surface area (Å²) >= 11 is 0. The van der Waals surface area contributed by atoms with Gasteiger partial charge in [-0.15, -0.1) is 0 Å². The Labute approximate surface area is 107 Å². The van der Waals surface area contributed by atoms with Crippen molar-refractivity contribution in [2.75, 3.05) is 14.2 Å². The monoisotopic (exact) mass is 263 g/mol. The molecule has 0 aliphatic rings. The number of hydrogen-bond donors (Lipinski definition) is 1. The number of fused-ring (bicyclic) bond motifs is 3. The summed E-state index contributed by atoms with van der Waals surface area (Å²) in [6.07, 6.45) is 0. The molecule has 19 heavy (non-hydrogen) atoms. The molecule has 0 aliphatic heterocycles. The van der Waals surface area contributed by atoms with Crippen molar-refractivity contribution >= 4 is 21.8 Å². The molecule has 0 saturated heterocycles. The quantitative estimate of drug-likeness (QED) is 0.766. The van der Waals surface area contributed by atoms with Crippen LogP contribution in [0.1, 0.15) is 0 Å². The van der Waals surface area contributed by atoms with Gasteiger partial charge in [-0.3, -0.25) is 0 Å². The van der Waals surface area contributed by atoms with Crippen LogP contribution in [0, 0.1) is 11.6 Å². The fourth-order valence-corrected chi connectivity index (χ4v) is 2.28. The Morgan fingerprint density at radius 1 is 1.00 bits per heavy atom. The number of aromatic nitrogens is 1. The van der Waals surface area contributed by atoms with Gasteiger partial charge >= 0.3 is 0 Å². The van der Waals surface area contributed by atoms with Gasteiger partial charge in [0.25, 0.3) is 0 Å². The van der Waals surface area contributed by atoms with Crippen molar-refractivity contribution in [2.45, 2.75) is 0 Å². The number of H-pyrrole nitrogens is 1. The average Bonchev–Trinajstić information content (AvgIpc) is 2.75. The van der Waals surface area contributed by atoms with Gasteiger partial charge in [-0.1, -0.05) is 0 Å². The summed E-state index contributed by atoms with van der Waals surface area (Å²) < 4.78 is 37.6. The predicted octanol–water partition coefficient (Wildman–Crippen LogP) is 3.62. The number of halogens is 2. The number of aromatic amines is 1. The summed E-state index contributed by atoms with van der Waals surface area (Å²) in [5.41, 5.74) is 1.00. The first kappa shape index (κ1) is 11.8. The van der Waals surface area contributed by atoms with Crippen molar-refractivity contribution in [3.63, 3.8) is 0 Å². The zero-order valence-corrected chi connectivity index (χ0v) is 10.4. The van der Waals surface area contributed by atoms with Crippen molar-refractivity contribution in [3.8, 4) is 11.5 Å². The molecular formula is C14H11F2NO2. The third-order valence-corrected chi connectivity index (χ3v) is 3.12. The lowest BCUT2D eigenvalue weighted by atomic mass is 10.1. The first-order chi connectivity index (χ1) is 9.13. The third kappa shape index (κ3) is 1.69. The molecule has 0 bridgehead atoms. The van der Waals surface area contributed by atoms with Gasteiger partial charge in [-0.25, -0.2) is 8.78 Å². The minimum absolute atomic E-state index is 0.327. The molecule has 5 heteroatoms. The van der Waals surface area contributed by atoms with Gasteiger partial charge in [0.1, 0.15) is 23.1 Å². The van der Waals surface area contributed by atoms with E-state index in [1.807, 2.05) is 0 Å². The number of methoxy groups -OCH3 is 2. The second kappa shape index (κ2) is 4.12. The highest BCUT2D eigenvalue weighted by Crippen LogP contribution is 2.36. The largest absolute Gasteiger partial charge is 0.497 e. The fourth-order valence-electron chi connectivity index (χ4n) is 2.28. The minimum Gasteiger partial charge on any atom is -0.497 e. The van der Waals surface area contributed by atoms with E-state index >= 15 is 0 Å². The highest BCUT2D eigenvalue weighted by Gasteiger charge is 2.15. The minimum atomic E-state index is -0.623. The van der Waals surface area contributed by atoms with Gasteiger partial charge in [0.15, 0.2) is 0 Å². The molecule has 98 valence electrons. The fraction of sp³-hybridized carbons (Fsp3) is 0.143. The van der Waals surface area contributed by atoms with E-state index in [1.54, 1.807) is 12.1 Å². The van der Waals surface area contributed by atoms with E-state index in [4.69, 9.17) is 9.47 Å². The van der Waals surface area contributed by atoms with E-state index < -0.39 is 11.6 Å². The van der Waals surface area contributed by atoms with Crippen molar-refractivity contribution < 1.29 is 18.3 Å². The average molecular weight is 263 g/mol. The molecular weight excluding hydrogens is 252 g/mol. The molecule has 0 amide bonds. The van der Waals surface area contributed by atoms with Gasteiger partial charge in [-0.05, 0) is 12.1 Å². The molecule has 0 unspecified atom stereocenters. The first-order valence-corrected chi connectivity index (χ1v) is 5.66. The van der Waals surface area contributed by atoms with Crippen molar-refractivity contribution in [1.29, 1.82) is 0 Å². The summed E-state index contributed by atoms with van der Waals surface area (Å²) in [6.45, 7) is 0. The zero-order valence-electron chi connectivity index (χ0n) is 10.4. The van der Waals surface area contributed by atoms with Crippen LogP contribution >= 0.6 is 0 Å². The molecule has 0 aliphatic carbocycles. The molecule has 0 radical (unpaired) electrons. The number of nitrogens with one attached hydrogen (secondary N) is 1. The maximum Gasteiger partial charge on any atom is 0.146 e. The summed E-state index contributed by atoms with van der Waals surface area (Å²) in [5.74, 6) is -0.168. The standard InChI is InChI=1S/C14H11F2NO2/c1-18-8-5-9-13-10(16)3-7(15)4-11(13)17-14(9)12(6-8)19-2/h3-6,17H,1-2H3. The van der Waals surface area contributed by atoms with Gasteiger partial charge in [-0.2, -0.15) is 0 Å². The summed E-state index contributed by atoms with van der Waals surface area (Å²) in [7, 11) is 3.03. The lowest BCUT2D eigenvalue weighted by Crippen LogP contribution is -1.88. The Hall–Kier alpha value is -2.30. The number of benzene rings is 2. The molecule has 0 fully saturated rings. The van der Waals surface area contributed by atoms with Crippen molar-refractivity contribution in [2.24, 2.45) is 0 Å². The molecule has 3 aromatic rings. The number of hydrogen-bond acceptors (Lipinski definition) is 2. The highest BCUT2D eigenvalue weighted by molar-refractivity contribution is 6.10. The third-order valence-electron chi connectivity index (χ3n) is 3.12. The van der Waals surface area contributed by atoms with Gasteiger partial charge in [0, 0.05) is 22.9 Å². The van der Waals surface area contributed by atoms with E-state index in [9.17, 15) is 8.78 Å². The zero-order chi connectivity index (χ0) is 13.6. The SMILES string of the molecule is COc1cc(OC)c2[nH]c3cc(F)cc(F)c3c2c1. The molecule has 1 aromatic heterocycles. The van der Waals surface area contributed by atoms with Gasteiger partial charge in [0.05, 0.1) is 25.3 Å². The van der Waals surface area contributed by atoms with Crippen molar-refractivity contribution in [3.05, 3.63) is 35.9 Å². The number of ether oxygens (including phenoxy) is 2. The molecule has 1 N–H and O–H groups in total. The molecule has 3 rings (SSSR count). The van der Waals surface area contributed by atoms with Crippen LogP contribution in [0.2, 0.25) is 0 Å². The van der Waals surface area contributed by atoms with E-state index in [0.29, 0.717) is 33.3 Å². The first-order valence-electron chi connectivity index (χ1n) is 5.66. The van der Waals surface area contributed by atoms with Crippen LogP contribution in [0.15, 0.2) is 24.3 Å². The van der Waals surface area contributed by atoms with Crippen LogP contribution in [0.5, 0.6) is 11.5 Å². The molecule has 2 aromatic carbocycles.